The SMILES string of the molecule is CCc1c(C)/c2[nH]/c1=C\c1[nH]c3c(c1C)[C@H](O)C(C(=O)OC)=C3C1N/C(=C\C3=C(C)[C@H](CC)C(\C=2)N3)[C@@H](C)[C@@H]1CCC(=O)OC/C=C(\C)CCCC(C)C. The van der Waals surface area contributed by atoms with Gasteiger partial charge < -0.3 is 35.2 Å². The second kappa shape index (κ2) is 16.2. The van der Waals surface area contributed by atoms with Gasteiger partial charge in [0.1, 0.15) is 12.7 Å². The van der Waals surface area contributed by atoms with Crippen molar-refractivity contribution in [3.05, 3.63) is 84.6 Å². The average Bonchev–Trinajstić information content (AvgIpc) is 3.87. The molecule has 2 aromatic heterocycles. The summed E-state index contributed by atoms with van der Waals surface area (Å²) in [5, 5.41) is 21.8. The first kappa shape index (κ1) is 39.5. The van der Waals surface area contributed by atoms with Crippen molar-refractivity contribution < 1.29 is 24.2 Å². The first-order valence-corrected chi connectivity index (χ1v) is 20.2. The molecule has 1 fully saturated rings. The van der Waals surface area contributed by atoms with Crippen molar-refractivity contribution in [3.8, 4) is 0 Å². The zero-order chi connectivity index (χ0) is 39.0. The molecule has 0 radical (unpaired) electrons. The summed E-state index contributed by atoms with van der Waals surface area (Å²) in [4.78, 5) is 34.2. The van der Waals surface area contributed by atoms with Gasteiger partial charge in [0, 0.05) is 57.2 Å². The number of hydrogen-bond donors (Lipinski definition) is 5. The lowest BCUT2D eigenvalue weighted by molar-refractivity contribution is -0.143. The van der Waals surface area contributed by atoms with E-state index in [9.17, 15) is 14.7 Å². The molecule has 292 valence electrons. The van der Waals surface area contributed by atoms with Crippen LogP contribution < -0.4 is 21.3 Å². The molecule has 2 unspecified atom stereocenters. The molecule has 0 amide bonds. The van der Waals surface area contributed by atoms with E-state index >= 15 is 0 Å². The molecule has 0 spiro atoms. The van der Waals surface area contributed by atoms with Crippen LogP contribution in [0.15, 0.2) is 40.3 Å². The van der Waals surface area contributed by atoms with Gasteiger partial charge in [0.25, 0.3) is 0 Å². The van der Waals surface area contributed by atoms with E-state index < -0.39 is 12.1 Å². The van der Waals surface area contributed by atoms with Crippen molar-refractivity contribution in [1.82, 2.24) is 20.6 Å². The van der Waals surface area contributed by atoms with Crippen LogP contribution >= 0.6 is 0 Å². The van der Waals surface area contributed by atoms with E-state index in [2.05, 4.69) is 94.2 Å². The number of fused-ring (bicyclic) bond motifs is 8. The Morgan fingerprint density at radius 3 is 2.46 bits per heavy atom. The summed E-state index contributed by atoms with van der Waals surface area (Å²) >= 11 is 0. The lowest BCUT2D eigenvalue weighted by Gasteiger charge is -2.24. The molecule has 9 nitrogen and oxygen atoms in total. The summed E-state index contributed by atoms with van der Waals surface area (Å²) < 4.78 is 11.0. The van der Waals surface area contributed by atoms with Gasteiger partial charge in [0.2, 0.25) is 0 Å². The third kappa shape index (κ3) is 7.40. The smallest absolute Gasteiger partial charge is 0.337 e. The molecule has 3 aliphatic heterocycles. The second-order valence-corrected chi connectivity index (χ2v) is 16.4. The molecule has 5 heterocycles. The minimum Gasteiger partial charge on any atom is -0.466 e. The van der Waals surface area contributed by atoms with Crippen LogP contribution in [0.25, 0.3) is 17.7 Å². The Morgan fingerprint density at radius 1 is 1.02 bits per heavy atom. The first-order valence-electron chi connectivity index (χ1n) is 20.2. The third-order valence-corrected chi connectivity index (χ3v) is 12.7. The van der Waals surface area contributed by atoms with Gasteiger partial charge in [-0.2, -0.15) is 0 Å². The van der Waals surface area contributed by atoms with Crippen LogP contribution in [0.4, 0.5) is 0 Å². The molecule has 9 heteroatoms. The number of esters is 2. The van der Waals surface area contributed by atoms with Crippen LogP contribution in [0.1, 0.15) is 127 Å². The van der Waals surface area contributed by atoms with E-state index in [4.69, 9.17) is 9.47 Å². The lowest BCUT2D eigenvalue weighted by Crippen LogP contribution is -2.31. The maximum absolute atomic E-state index is 13.6. The van der Waals surface area contributed by atoms with Crippen molar-refractivity contribution >= 4 is 29.7 Å². The summed E-state index contributed by atoms with van der Waals surface area (Å²) in [5.41, 5.74) is 11.3. The molecule has 0 aromatic carbocycles. The summed E-state index contributed by atoms with van der Waals surface area (Å²) in [6.45, 7) is 19.9. The first-order chi connectivity index (χ1) is 25.8. The minimum atomic E-state index is -1.15. The van der Waals surface area contributed by atoms with E-state index in [1.54, 1.807) is 0 Å². The number of aromatic amines is 2. The fourth-order valence-corrected chi connectivity index (χ4v) is 9.39. The predicted octanol–water partition coefficient (Wildman–Crippen LogP) is 6.59. The molecule has 6 rings (SSSR count). The molecule has 0 saturated carbocycles. The van der Waals surface area contributed by atoms with Crippen molar-refractivity contribution in [2.45, 2.75) is 125 Å². The van der Waals surface area contributed by atoms with Gasteiger partial charge in [-0.3, -0.25) is 4.79 Å². The monoisotopic (exact) mass is 738 g/mol. The number of rotatable bonds is 12. The van der Waals surface area contributed by atoms with Gasteiger partial charge in [-0.15, -0.1) is 0 Å². The fourth-order valence-electron chi connectivity index (χ4n) is 9.39. The molecule has 6 atom stereocenters. The van der Waals surface area contributed by atoms with Gasteiger partial charge in [-0.05, 0) is 118 Å². The van der Waals surface area contributed by atoms with Gasteiger partial charge in [-0.25, -0.2) is 4.79 Å². The molecule has 8 bridgehead atoms. The van der Waals surface area contributed by atoms with E-state index in [1.165, 1.54) is 35.8 Å². The number of carbonyl (C=O) groups excluding carboxylic acids is 2. The molecular formula is C45H62N4O5. The summed E-state index contributed by atoms with van der Waals surface area (Å²) in [7, 11) is 1.36. The Balaban J connectivity index is 1.42. The highest BCUT2D eigenvalue weighted by Gasteiger charge is 2.47. The van der Waals surface area contributed by atoms with Crippen LogP contribution in [-0.4, -0.2) is 52.8 Å². The van der Waals surface area contributed by atoms with Crippen molar-refractivity contribution in [3.63, 3.8) is 0 Å². The number of nitrogens with one attached hydrogen (secondary N) is 4. The quantitative estimate of drug-likeness (QED) is 0.123. The lowest BCUT2D eigenvalue weighted by atomic mass is 9.82. The minimum absolute atomic E-state index is 0.0152. The normalized spacial score (nSPS) is 26.9. The van der Waals surface area contributed by atoms with Gasteiger partial charge in [0.15, 0.2) is 0 Å². The summed E-state index contributed by atoms with van der Waals surface area (Å²) in [5.74, 6) is 0.146. The molecule has 4 aliphatic rings. The van der Waals surface area contributed by atoms with E-state index in [-0.39, 0.29) is 48.5 Å². The highest BCUT2D eigenvalue weighted by atomic mass is 16.5. The van der Waals surface area contributed by atoms with E-state index in [0.717, 1.165) is 64.7 Å². The highest BCUT2D eigenvalue weighted by molar-refractivity contribution is 6.03. The second-order valence-electron chi connectivity index (χ2n) is 16.4. The number of allylic oxidation sites excluding steroid dienone is 3. The molecule has 54 heavy (non-hydrogen) atoms. The Labute approximate surface area is 321 Å². The Kier molecular flexibility index (Phi) is 11.9. The summed E-state index contributed by atoms with van der Waals surface area (Å²) in [6, 6.07) is -0.250. The Morgan fingerprint density at radius 2 is 1.78 bits per heavy atom. The number of aliphatic hydroxyl groups is 1. The van der Waals surface area contributed by atoms with Crippen LogP contribution in [0, 0.1) is 37.5 Å². The zero-order valence-electron chi connectivity index (χ0n) is 34.1. The molecular weight excluding hydrogens is 677 g/mol. The van der Waals surface area contributed by atoms with Crippen molar-refractivity contribution in [1.29, 1.82) is 0 Å². The van der Waals surface area contributed by atoms with Gasteiger partial charge in [-0.1, -0.05) is 46.6 Å². The largest absolute Gasteiger partial charge is 0.466 e. The van der Waals surface area contributed by atoms with Gasteiger partial charge in [0.05, 0.1) is 30.5 Å². The highest BCUT2D eigenvalue weighted by Crippen LogP contribution is 2.50. The average molecular weight is 739 g/mol. The van der Waals surface area contributed by atoms with Crippen molar-refractivity contribution in [2.24, 2.45) is 23.7 Å². The van der Waals surface area contributed by atoms with Crippen LogP contribution in [0.2, 0.25) is 0 Å². The number of methoxy groups -OCH3 is 1. The fraction of sp³-hybridized carbons (Fsp3) is 0.556. The maximum Gasteiger partial charge on any atom is 0.337 e. The third-order valence-electron chi connectivity index (χ3n) is 12.7. The predicted molar refractivity (Wildman–Crippen MR) is 215 cm³/mol. The van der Waals surface area contributed by atoms with E-state index in [0.29, 0.717) is 29.4 Å². The van der Waals surface area contributed by atoms with Crippen molar-refractivity contribution in [2.75, 3.05) is 13.7 Å². The Bertz CT molecular complexity index is 2040. The summed E-state index contributed by atoms with van der Waals surface area (Å²) in [6.07, 6.45) is 13.6. The number of ether oxygens (including phenoxy) is 2. The molecule has 1 saturated heterocycles. The number of hydrogen-bond acceptors (Lipinski definition) is 7. The van der Waals surface area contributed by atoms with E-state index in [1.807, 2.05) is 13.0 Å². The van der Waals surface area contributed by atoms with Crippen LogP contribution in [0.3, 0.4) is 0 Å². The zero-order valence-corrected chi connectivity index (χ0v) is 34.1. The Hall–Kier alpha value is -4.24. The number of aromatic nitrogens is 2. The number of aliphatic hydroxyl groups excluding tert-OH is 1. The van der Waals surface area contributed by atoms with Gasteiger partial charge >= 0.3 is 11.9 Å². The molecule has 1 aliphatic carbocycles. The van der Waals surface area contributed by atoms with Crippen LogP contribution in [-0.2, 0) is 25.5 Å². The van der Waals surface area contributed by atoms with Crippen LogP contribution in [0.5, 0.6) is 0 Å². The standard InChI is InChI=1S/C45H62N4O5/c1-11-29-25(6)32-20-34-27(8)31(16-17-38(50)54-19-18-24(5)15-13-14-23(3)4)42(48-34)40-41(45(52)53-10)44(51)39-28(9)35(49-43(39)40)22-37-30(12-2)26(7)33(47-37)21-36(29)46-32/h18,20-23,27,29,31,36,42,44,46-49,51H,11-17,19H2,1-10H3/b24-18+,33-21-,34-20-,37-22-/t27-,29-,31-,36?,42?,44-/m0/s1. The molecule has 5 N–H and O–H groups in total. The number of H-pyrrole nitrogens is 2. The molecule has 2 aromatic rings. The topological polar surface area (TPSA) is 128 Å². The maximum atomic E-state index is 13.6. The number of carbonyl (C=O) groups is 2.